The summed E-state index contributed by atoms with van der Waals surface area (Å²) in [4.78, 5) is 8.03. The van der Waals surface area contributed by atoms with Gasteiger partial charge in [-0.2, -0.15) is 5.10 Å². The van der Waals surface area contributed by atoms with Crippen LogP contribution < -0.4 is 10.5 Å². The van der Waals surface area contributed by atoms with Crippen molar-refractivity contribution in [2.75, 3.05) is 19.4 Å². The van der Waals surface area contributed by atoms with E-state index < -0.39 is 0 Å². The van der Waals surface area contributed by atoms with Gasteiger partial charge in [0.1, 0.15) is 17.6 Å². The maximum atomic E-state index is 6.42. The molecule has 1 aliphatic rings. The van der Waals surface area contributed by atoms with Crippen molar-refractivity contribution in [2.45, 2.75) is 39.3 Å². The second kappa shape index (κ2) is 8.66. The Bertz CT molecular complexity index is 1540. The van der Waals surface area contributed by atoms with Gasteiger partial charge in [-0.05, 0) is 67.9 Å². The van der Waals surface area contributed by atoms with E-state index in [-0.39, 0.29) is 0 Å². The topological polar surface area (TPSA) is 68.7 Å². The van der Waals surface area contributed by atoms with Gasteiger partial charge in [0.15, 0.2) is 5.82 Å². The molecule has 2 N–H and O–H groups in total. The Hall–Kier alpha value is -3.42. The van der Waals surface area contributed by atoms with Gasteiger partial charge in [0.25, 0.3) is 0 Å². The molecule has 0 radical (unpaired) electrons. The molecule has 0 saturated carbocycles. The number of hydrogen-bond acceptors (Lipinski definition) is 6. The van der Waals surface area contributed by atoms with E-state index >= 15 is 0 Å². The molecule has 0 aliphatic carbocycles. The lowest BCUT2D eigenvalue weighted by Crippen LogP contribution is -2.23. The number of nitrogens with zero attached hydrogens (tertiary/aromatic N) is 4. The van der Waals surface area contributed by atoms with Crippen molar-refractivity contribution in [2.24, 2.45) is 0 Å². The molecule has 1 unspecified atom stereocenters. The zero-order chi connectivity index (χ0) is 24.1. The fourth-order valence-corrected chi connectivity index (χ4v) is 6.52. The largest absolute Gasteiger partial charge is 0.495 e. The lowest BCUT2D eigenvalue weighted by Gasteiger charge is -2.24. The number of methoxy groups -OCH3 is 1. The zero-order valence-corrected chi connectivity index (χ0v) is 21.1. The number of fused-ring (bicyclic) bond motifs is 2. The standard InChI is InChI=1S/C28H29N5OS/c1-17-6-8-19(9-7-17)23-5-4-10-32(23)15-21-14-22(26-28(29)30-16-31-33(21)26)25-13-20-11-18(2)12-24(34-3)27(20)35-25/h6-9,11-14,16,23H,4-5,10,15H2,1-3H3,(H2,29,30,31). The van der Waals surface area contributed by atoms with Crippen molar-refractivity contribution >= 4 is 32.8 Å². The highest BCUT2D eigenvalue weighted by atomic mass is 32.1. The normalized spacial score (nSPS) is 16.5. The Balaban J connectivity index is 1.43. The van der Waals surface area contributed by atoms with Crippen LogP contribution in [0.15, 0.2) is 54.9 Å². The number of hydrogen-bond donors (Lipinski definition) is 1. The summed E-state index contributed by atoms with van der Waals surface area (Å²) in [5.41, 5.74) is 13.4. The summed E-state index contributed by atoms with van der Waals surface area (Å²) in [6.07, 6.45) is 3.92. The third-order valence-electron chi connectivity index (χ3n) is 7.06. The highest BCUT2D eigenvalue weighted by Crippen LogP contribution is 2.42. The molecule has 6 rings (SSSR count). The van der Waals surface area contributed by atoms with Crippen LogP contribution in [0.2, 0.25) is 0 Å². The second-order valence-electron chi connectivity index (χ2n) is 9.49. The van der Waals surface area contributed by atoms with Gasteiger partial charge in [-0.15, -0.1) is 11.3 Å². The first-order valence-electron chi connectivity index (χ1n) is 12.0. The molecular weight excluding hydrogens is 454 g/mol. The Morgan fingerprint density at radius 1 is 1.09 bits per heavy atom. The minimum Gasteiger partial charge on any atom is -0.495 e. The predicted octanol–water partition coefficient (Wildman–Crippen LogP) is 6.16. The van der Waals surface area contributed by atoms with Crippen molar-refractivity contribution in [3.63, 3.8) is 0 Å². The van der Waals surface area contributed by atoms with Crippen LogP contribution in [-0.2, 0) is 6.54 Å². The number of rotatable bonds is 5. The van der Waals surface area contributed by atoms with Crippen LogP contribution >= 0.6 is 11.3 Å². The molecule has 0 spiro atoms. The van der Waals surface area contributed by atoms with Gasteiger partial charge < -0.3 is 10.5 Å². The molecular formula is C28H29N5OS. The average molecular weight is 484 g/mol. The quantitative estimate of drug-likeness (QED) is 0.324. The molecule has 4 heterocycles. The smallest absolute Gasteiger partial charge is 0.152 e. The first kappa shape index (κ1) is 22.1. The van der Waals surface area contributed by atoms with E-state index in [0.29, 0.717) is 11.9 Å². The van der Waals surface area contributed by atoms with E-state index in [2.05, 4.69) is 77.4 Å². The molecule has 35 heavy (non-hydrogen) atoms. The van der Waals surface area contributed by atoms with Crippen molar-refractivity contribution in [3.05, 3.63) is 77.2 Å². The summed E-state index contributed by atoms with van der Waals surface area (Å²) >= 11 is 1.73. The molecule has 6 nitrogen and oxygen atoms in total. The lowest BCUT2D eigenvalue weighted by molar-refractivity contribution is 0.244. The Labute approximate surface area is 209 Å². The monoisotopic (exact) mass is 483 g/mol. The number of anilines is 1. The van der Waals surface area contributed by atoms with Gasteiger partial charge in [0.2, 0.25) is 0 Å². The SMILES string of the molecule is COc1cc(C)cc2cc(-c3cc(CN4CCCC4c4ccc(C)cc4)n4ncnc(N)c34)sc12. The van der Waals surface area contributed by atoms with Crippen LogP contribution in [0, 0.1) is 13.8 Å². The number of benzene rings is 2. The number of likely N-dealkylation sites (tertiary alicyclic amines) is 1. The predicted molar refractivity (Wildman–Crippen MR) is 143 cm³/mol. The van der Waals surface area contributed by atoms with Crippen molar-refractivity contribution in [1.82, 2.24) is 19.5 Å². The first-order chi connectivity index (χ1) is 17.0. The first-order valence-corrected chi connectivity index (χ1v) is 12.8. The van der Waals surface area contributed by atoms with E-state index in [1.54, 1.807) is 24.8 Å². The maximum absolute atomic E-state index is 6.42. The molecule has 7 heteroatoms. The highest BCUT2D eigenvalue weighted by molar-refractivity contribution is 7.22. The van der Waals surface area contributed by atoms with Crippen LogP contribution in [0.1, 0.15) is 41.3 Å². The van der Waals surface area contributed by atoms with Gasteiger partial charge in [-0.1, -0.05) is 35.9 Å². The fraction of sp³-hybridized carbons (Fsp3) is 0.286. The van der Waals surface area contributed by atoms with Crippen molar-refractivity contribution < 1.29 is 4.74 Å². The van der Waals surface area contributed by atoms with Crippen LogP contribution in [-0.4, -0.2) is 33.2 Å². The number of nitrogen functional groups attached to an aromatic ring is 1. The summed E-state index contributed by atoms with van der Waals surface area (Å²) in [6.45, 7) is 6.11. The summed E-state index contributed by atoms with van der Waals surface area (Å²) in [6, 6.07) is 18.1. The van der Waals surface area contributed by atoms with E-state index in [1.807, 2.05) is 4.52 Å². The number of ether oxygens (including phenoxy) is 1. The van der Waals surface area contributed by atoms with Crippen molar-refractivity contribution in [3.8, 4) is 16.2 Å². The molecule has 178 valence electrons. The lowest BCUT2D eigenvalue weighted by atomic mass is 10.0. The molecule has 5 aromatic rings. The van der Waals surface area contributed by atoms with E-state index in [9.17, 15) is 0 Å². The molecule has 0 amide bonds. The Kier molecular flexibility index (Phi) is 5.46. The second-order valence-corrected chi connectivity index (χ2v) is 10.5. The molecule has 1 aliphatic heterocycles. The number of thiophene rings is 1. The van der Waals surface area contributed by atoms with Crippen molar-refractivity contribution in [1.29, 1.82) is 0 Å². The molecule has 3 aromatic heterocycles. The van der Waals surface area contributed by atoms with E-state index in [1.165, 1.54) is 34.9 Å². The van der Waals surface area contributed by atoms with Crippen LogP contribution in [0.3, 0.4) is 0 Å². The fourth-order valence-electron chi connectivity index (χ4n) is 5.37. The van der Waals surface area contributed by atoms with E-state index in [4.69, 9.17) is 10.5 Å². The van der Waals surface area contributed by atoms with Gasteiger partial charge in [-0.25, -0.2) is 9.50 Å². The summed E-state index contributed by atoms with van der Waals surface area (Å²) in [7, 11) is 1.73. The molecule has 1 saturated heterocycles. The Morgan fingerprint density at radius 3 is 2.71 bits per heavy atom. The van der Waals surface area contributed by atoms with Gasteiger partial charge >= 0.3 is 0 Å². The van der Waals surface area contributed by atoms with Gasteiger partial charge in [0.05, 0.1) is 17.5 Å². The highest BCUT2D eigenvalue weighted by Gasteiger charge is 2.28. The summed E-state index contributed by atoms with van der Waals surface area (Å²) < 4.78 is 8.80. The summed E-state index contributed by atoms with van der Waals surface area (Å²) in [5.74, 6) is 1.40. The minimum atomic E-state index is 0.417. The van der Waals surface area contributed by atoms with Gasteiger partial charge in [0, 0.05) is 23.0 Å². The summed E-state index contributed by atoms with van der Waals surface area (Å²) in [5, 5.41) is 5.80. The molecule has 1 fully saturated rings. The van der Waals surface area contributed by atoms with Gasteiger partial charge in [-0.3, -0.25) is 4.90 Å². The molecule has 2 aromatic carbocycles. The molecule has 0 bridgehead atoms. The minimum absolute atomic E-state index is 0.417. The Morgan fingerprint density at radius 2 is 1.91 bits per heavy atom. The van der Waals surface area contributed by atoms with Crippen LogP contribution in [0.5, 0.6) is 5.75 Å². The van der Waals surface area contributed by atoms with E-state index in [0.717, 1.165) is 45.2 Å². The van der Waals surface area contributed by atoms with Crippen LogP contribution in [0.25, 0.3) is 26.0 Å². The number of aromatic nitrogens is 3. The third-order valence-corrected chi connectivity index (χ3v) is 8.26. The number of aryl methyl sites for hydroxylation is 2. The van der Waals surface area contributed by atoms with Crippen LogP contribution in [0.4, 0.5) is 5.82 Å². The molecule has 1 atom stereocenters. The third kappa shape index (κ3) is 3.85. The average Bonchev–Trinajstić information content (AvgIpc) is 3.57. The zero-order valence-electron chi connectivity index (χ0n) is 20.3. The number of nitrogens with two attached hydrogens (primary N) is 1. The maximum Gasteiger partial charge on any atom is 0.152 e.